The molecule has 0 spiro atoms. The minimum absolute atomic E-state index is 0.605. The Labute approximate surface area is 107 Å². The minimum atomic E-state index is 0.605. The standard InChI is InChI=1S/C13H18ClNS/c1-10-7-12(8-14)3-4-13(10)15-5-6-16-11(2)9-15/h3-4,7,11H,5-6,8-9H2,1-2H3. The van der Waals surface area contributed by atoms with Crippen LogP contribution in [0.5, 0.6) is 0 Å². The molecule has 0 aromatic heterocycles. The molecule has 1 aromatic carbocycles. The third kappa shape index (κ3) is 2.67. The molecule has 1 heterocycles. The topological polar surface area (TPSA) is 3.24 Å². The van der Waals surface area contributed by atoms with Crippen LogP contribution in [0, 0.1) is 6.92 Å². The maximum Gasteiger partial charge on any atom is 0.0474 e. The number of rotatable bonds is 2. The van der Waals surface area contributed by atoms with E-state index in [1.165, 1.54) is 22.6 Å². The van der Waals surface area contributed by atoms with Crippen molar-refractivity contribution < 1.29 is 0 Å². The molecule has 0 N–H and O–H groups in total. The Kier molecular flexibility index (Phi) is 4.04. The lowest BCUT2D eigenvalue weighted by Crippen LogP contribution is -2.37. The molecular weight excluding hydrogens is 238 g/mol. The fourth-order valence-electron chi connectivity index (χ4n) is 2.19. The highest BCUT2D eigenvalue weighted by Crippen LogP contribution is 2.27. The van der Waals surface area contributed by atoms with Crippen LogP contribution in [0.3, 0.4) is 0 Å². The Hall–Kier alpha value is -0.340. The van der Waals surface area contributed by atoms with Crippen LogP contribution in [0.4, 0.5) is 5.69 Å². The van der Waals surface area contributed by atoms with Gasteiger partial charge in [-0.05, 0) is 24.1 Å². The third-order valence-electron chi connectivity index (χ3n) is 3.00. The fraction of sp³-hybridized carbons (Fsp3) is 0.538. The molecule has 1 fully saturated rings. The first-order valence-electron chi connectivity index (χ1n) is 5.72. The Bertz CT molecular complexity index is 367. The summed E-state index contributed by atoms with van der Waals surface area (Å²) in [6.07, 6.45) is 0. The van der Waals surface area contributed by atoms with Crippen molar-refractivity contribution in [1.29, 1.82) is 0 Å². The van der Waals surface area contributed by atoms with Gasteiger partial charge in [0.25, 0.3) is 0 Å². The van der Waals surface area contributed by atoms with Gasteiger partial charge in [0.1, 0.15) is 0 Å². The van der Waals surface area contributed by atoms with Gasteiger partial charge in [-0.1, -0.05) is 19.1 Å². The summed E-state index contributed by atoms with van der Waals surface area (Å²) in [5.41, 5.74) is 3.93. The van der Waals surface area contributed by atoms with Crippen molar-refractivity contribution >= 4 is 29.1 Å². The average molecular weight is 256 g/mol. The summed E-state index contributed by atoms with van der Waals surface area (Å²) in [6, 6.07) is 6.56. The van der Waals surface area contributed by atoms with Gasteiger partial charge in [0, 0.05) is 35.7 Å². The molecule has 0 bridgehead atoms. The second kappa shape index (κ2) is 5.33. The summed E-state index contributed by atoms with van der Waals surface area (Å²) < 4.78 is 0. The van der Waals surface area contributed by atoms with Crippen LogP contribution >= 0.6 is 23.4 Å². The normalized spacial score (nSPS) is 21.2. The van der Waals surface area contributed by atoms with Gasteiger partial charge in [-0.15, -0.1) is 11.6 Å². The lowest BCUT2D eigenvalue weighted by molar-refractivity contribution is 0.780. The SMILES string of the molecule is Cc1cc(CCl)ccc1N1CCSC(C)C1. The predicted molar refractivity (Wildman–Crippen MR) is 74.9 cm³/mol. The predicted octanol–water partition coefficient (Wildman–Crippen LogP) is 3.68. The molecule has 0 aliphatic carbocycles. The number of benzene rings is 1. The van der Waals surface area contributed by atoms with Crippen LogP contribution in [-0.4, -0.2) is 24.1 Å². The first kappa shape index (κ1) is 12.1. The molecule has 1 aliphatic heterocycles. The van der Waals surface area contributed by atoms with Gasteiger partial charge >= 0.3 is 0 Å². The van der Waals surface area contributed by atoms with Crippen molar-refractivity contribution in [3.05, 3.63) is 29.3 Å². The molecule has 2 rings (SSSR count). The molecule has 16 heavy (non-hydrogen) atoms. The zero-order chi connectivity index (χ0) is 11.5. The van der Waals surface area contributed by atoms with Gasteiger partial charge in [-0.25, -0.2) is 0 Å². The highest BCUT2D eigenvalue weighted by molar-refractivity contribution is 8.00. The maximum absolute atomic E-state index is 5.84. The molecular formula is C13H18ClNS. The molecule has 3 heteroatoms. The van der Waals surface area contributed by atoms with Crippen molar-refractivity contribution in [2.45, 2.75) is 25.0 Å². The average Bonchev–Trinajstić information content (AvgIpc) is 2.28. The molecule has 1 unspecified atom stereocenters. The van der Waals surface area contributed by atoms with E-state index in [1.54, 1.807) is 0 Å². The number of nitrogens with zero attached hydrogens (tertiary/aromatic N) is 1. The zero-order valence-corrected chi connectivity index (χ0v) is 11.4. The zero-order valence-electron chi connectivity index (χ0n) is 9.87. The summed E-state index contributed by atoms with van der Waals surface area (Å²) in [7, 11) is 0. The van der Waals surface area contributed by atoms with Crippen LogP contribution in [0.25, 0.3) is 0 Å². The van der Waals surface area contributed by atoms with Crippen LogP contribution in [-0.2, 0) is 5.88 Å². The monoisotopic (exact) mass is 255 g/mol. The number of halogens is 1. The Morgan fingerprint density at radius 2 is 2.31 bits per heavy atom. The number of hydrogen-bond donors (Lipinski definition) is 0. The van der Waals surface area contributed by atoms with Crippen molar-refractivity contribution in [2.75, 3.05) is 23.7 Å². The van der Waals surface area contributed by atoms with E-state index >= 15 is 0 Å². The Balaban J connectivity index is 2.19. The van der Waals surface area contributed by atoms with Crippen molar-refractivity contribution in [3.8, 4) is 0 Å². The number of hydrogen-bond acceptors (Lipinski definition) is 2. The number of thioether (sulfide) groups is 1. The summed E-state index contributed by atoms with van der Waals surface area (Å²) in [5, 5.41) is 0.737. The third-order valence-corrected chi connectivity index (χ3v) is 4.44. The van der Waals surface area contributed by atoms with Crippen molar-refractivity contribution in [1.82, 2.24) is 0 Å². The molecule has 0 saturated carbocycles. The van der Waals surface area contributed by atoms with E-state index < -0.39 is 0 Å². The molecule has 1 nitrogen and oxygen atoms in total. The Morgan fingerprint density at radius 3 is 2.94 bits per heavy atom. The van der Waals surface area contributed by atoms with Crippen LogP contribution in [0.2, 0.25) is 0 Å². The lowest BCUT2D eigenvalue weighted by Gasteiger charge is -2.33. The largest absolute Gasteiger partial charge is 0.369 e. The molecule has 0 radical (unpaired) electrons. The Morgan fingerprint density at radius 1 is 1.50 bits per heavy atom. The van der Waals surface area contributed by atoms with E-state index in [0.29, 0.717) is 5.88 Å². The number of aryl methyl sites for hydroxylation is 1. The van der Waals surface area contributed by atoms with Gasteiger partial charge in [0.05, 0.1) is 0 Å². The summed E-state index contributed by atoms with van der Waals surface area (Å²) in [4.78, 5) is 2.49. The maximum atomic E-state index is 5.84. The highest BCUT2D eigenvalue weighted by Gasteiger charge is 2.18. The van der Waals surface area contributed by atoms with Gasteiger partial charge in [0.2, 0.25) is 0 Å². The van der Waals surface area contributed by atoms with E-state index in [-0.39, 0.29) is 0 Å². The van der Waals surface area contributed by atoms with Crippen molar-refractivity contribution in [2.24, 2.45) is 0 Å². The summed E-state index contributed by atoms with van der Waals surface area (Å²) in [5.74, 6) is 1.84. The molecule has 1 atom stereocenters. The van der Waals surface area contributed by atoms with E-state index in [0.717, 1.165) is 18.3 Å². The van der Waals surface area contributed by atoms with Gasteiger partial charge in [-0.3, -0.25) is 0 Å². The van der Waals surface area contributed by atoms with Crippen molar-refractivity contribution in [3.63, 3.8) is 0 Å². The van der Waals surface area contributed by atoms with Gasteiger partial charge in [0.15, 0.2) is 0 Å². The quantitative estimate of drug-likeness (QED) is 0.742. The van der Waals surface area contributed by atoms with E-state index in [1.807, 2.05) is 0 Å². The van der Waals surface area contributed by atoms with E-state index in [4.69, 9.17) is 11.6 Å². The minimum Gasteiger partial charge on any atom is -0.369 e. The first-order valence-corrected chi connectivity index (χ1v) is 7.31. The second-order valence-electron chi connectivity index (χ2n) is 4.38. The summed E-state index contributed by atoms with van der Waals surface area (Å²) in [6.45, 7) is 6.80. The first-order chi connectivity index (χ1) is 7.70. The van der Waals surface area contributed by atoms with Gasteiger partial charge < -0.3 is 4.90 Å². The molecule has 1 aliphatic rings. The molecule has 1 saturated heterocycles. The van der Waals surface area contributed by atoms with Gasteiger partial charge in [-0.2, -0.15) is 11.8 Å². The van der Waals surface area contributed by atoms with Crippen LogP contribution in [0.1, 0.15) is 18.1 Å². The second-order valence-corrected chi connectivity index (χ2v) is 6.20. The fourth-order valence-corrected chi connectivity index (χ4v) is 3.37. The lowest BCUT2D eigenvalue weighted by atomic mass is 10.1. The summed E-state index contributed by atoms with van der Waals surface area (Å²) >= 11 is 7.91. The smallest absolute Gasteiger partial charge is 0.0474 e. The highest BCUT2D eigenvalue weighted by atomic mass is 35.5. The van der Waals surface area contributed by atoms with Crippen LogP contribution < -0.4 is 4.90 Å². The molecule has 88 valence electrons. The molecule has 1 aromatic rings. The number of alkyl halides is 1. The molecule has 0 amide bonds. The number of anilines is 1. The van der Waals surface area contributed by atoms with E-state index in [2.05, 4.69) is 48.7 Å². The van der Waals surface area contributed by atoms with E-state index in [9.17, 15) is 0 Å². The van der Waals surface area contributed by atoms with Crippen LogP contribution in [0.15, 0.2) is 18.2 Å².